The number of non-ortho nitro benzene ring substituents is 2. The summed E-state index contributed by atoms with van der Waals surface area (Å²) in [7, 11) is 0. The van der Waals surface area contributed by atoms with Crippen molar-refractivity contribution in [3.05, 3.63) is 91.0 Å². The highest BCUT2D eigenvalue weighted by Gasteiger charge is 2.51. The standard InChI is InChI=1S/C30H30N8O14S/c1-30(2,27(42)49-12-17-5-9-19(10-6-17)38(46)47)52-35-23(20-15-53-28(31)33-20)25(40)34-24-21(13-50-29(32)43)36(26(24)41)51-14-22(39)48-11-16-3-7-18(8-4-16)37(44)45/h3-10,15,21,24H,11-14H2,1-2H3,(H2,31,33)(H2,32,43)(H,34,40)/b35-23-/t21-,24-/m1/s1. The Hall–Kier alpha value is -6.75. The lowest BCUT2D eigenvalue weighted by Crippen LogP contribution is -2.72. The molecule has 0 saturated carbocycles. The molecule has 23 heteroatoms. The third-order valence-electron chi connectivity index (χ3n) is 7.07. The zero-order valence-corrected chi connectivity index (χ0v) is 28.5. The first-order chi connectivity index (χ1) is 25.0. The number of ether oxygens (including phenoxy) is 3. The predicted molar refractivity (Wildman–Crippen MR) is 178 cm³/mol. The lowest BCUT2D eigenvalue weighted by Gasteiger charge is -2.44. The maximum absolute atomic E-state index is 13.5. The zero-order valence-electron chi connectivity index (χ0n) is 27.7. The van der Waals surface area contributed by atoms with Gasteiger partial charge in [0.2, 0.25) is 5.60 Å². The van der Waals surface area contributed by atoms with Crippen LogP contribution < -0.4 is 16.8 Å². The fraction of sp³-hybridized carbons (Fsp3) is 0.300. The van der Waals surface area contributed by atoms with E-state index in [0.717, 1.165) is 11.3 Å². The van der Waals surface area contributed by atoms with E-state index < -0.39 is 76.3 Å². The highest BCUT2D eigenvalue weighted by Crippen LogP contribution is 2.23. The van der Waals surface area contributed by atoms with E-state index in [1.165, 1.54) is 67.8 Å². The molecule has 2 heterocycles. The summed E-state index contributed by atoms with van der Waals surface area (Å²) in [6.07, 6.45) is -1.21. The van der Waals surface area contributed by atoms with Crippen LogP contribution in [0.3, 0.4) is 0 Å². The molecule has 2 aromatic carbocycles. The van der Waals surface area contributed by atoms with Gasteiger partial charge in [-0.3, -0.25) is 34.7 Å². The average Bonchev–Trinajstić information content (AvgIpc) is 3.55. The number of esters is 2. The maximum Gasteiger partial charge on any atom is 0.404 e. The molecule has 0 radical (unpaired) electrons. The number of carbonyl (C=O) groups excluding carboxylic acids is 5. The van der Waals surface area contributed by atoms with Crippen LogP contribution in [0.5, 0.6) is 0 Å². The van der Waals surface area contributed by atoms with E-state index in [2.05, 4.69) is 15.5 Å². The van der Waals surface area contributed by atoms with Crippen LogP contribution in [-0.2, 0) is 56.3 Å². The first-order valence-corrected chi connectivity index (χ1v) is 15.9. The number of β-lactam (4-membered cyclic amide) rings is 1. The summed E-state index contributed by atoms with van der Waals surface area (Å²) >= 11 is 0.942. The maximum atomic E-state index is 13.5. The zero-order chi connectivity index (χ0) is 38.9. The van der Waals surface area contributed by atoms with Crippen LogP contribution in [0.1, 0.15) is 30.7 Å². The van der Waals surface area contributed by atoms with Gasteiger partial charge in [0.15, 0.2) is 17.5 Å². The van der Waals surface area contributed by atoms with Gasteiger partial charge in [-0.05, 0) is 49.2 Å². The molecule has 1 saturated heterocycles. The monoisotopic (exact) mass is 758 g/mol. The number of primary amides is 1. The fourth-order valence-electron chi connectivity index (χ4n) is 4.25. The van der Waals surface area contributed by atoms with E-state index in [9.17, 15) is 44.2 Å². The summed E-state index contributed by atoms with van der Waals surface area (Å²) < 4.78 is 15.1. The van der Waals surface area contributed by atoms with E-state index in [1.807, 2.05) is 0 Å². The van der Waals surface area contributed by atoms with Gasteiger partial charge in [-0.2, -0.15) is 0 Å². The smallest absolute Gasteiger partial charge is 0.404 e. The summed E-state index contributed by atoms with van der Waals surface area (Å²) in [5, 5.41) is 30.0. The minimum absolute atomic E-state index is 0.0368. The Kier molecular flexibility index (Phi) is 12.5. The van der Waals surface area contributed by atoms with Gasteiger partial charge >= 0.3 is 18.0 Å². The van der Waals surface area contributed by atoms with Gasteiger partial charge < -0.3 is 35.8 Å². The number of nitrogens with two attached hydrogens (primary N) is 2. The van der Waals surface area contributed by atoms with Gasteiger partial charge in [-0.15, -0.1) is 11.3 Å². The van der Waals surface area contributed by atoms with Gasteiger partial charge in [0, 0.05) is 29.6 Å². The number of benzene rings is 2. The predicted octanol–water partition coefficient (Wildman–Crippen LogP) is 1.25. The van der Waals surface area contributed by atoms with Gasteiger partial charge in [-0.25, -0.2) is 24.4 Å². The quantitative estimate of drug-likeness (QED) is 0.0435. The van der Waals surface area contributed by atoms with E-state index in [-0.39, 0.29) is 35.4 Å². The number of hydroxylamine groups is 2. The Labute approximate surface area is 301 Å². The Morgan fingerprint density at radius 3 is 2.04 bits per heavy atom. The average molecular weight is 759 g/mol. The van der Waals surface area contributed by atoms with E-state index >= 15 is 0 Å². The second kappa shape index (κ2) is 17.0. The number of anilines is 1. The molecule has 5 N–H and O–H groups in total. The van der Waals surface area contributed by atoms with Gasteiger partial charge in [-0.1, -0.05) is 5.16 Å². The number of aromatic nitrogens is 1. The number of hydrogen-bond acceptors (Lipinski definition) is 18. The van der Waals surface area contributed by atoms with Crippen LogP contribution in [-0.4, -0.2) is 86.4 Å². The molecule has 280 valence electrons. The molecule has 1 aliphatic rings. The summed E-state index contributed by atoms with van der Waals surface area (Å²) in [6, 6.07) is 7.88. The third kappa shape index (κ3) is 10.4. The summed E-state index contributed by atoms with van der Waals surface area (Å²) in [4.78, 5) is 98.2. The number of rotatable bonds is 17. The molecule has 0 unspecified atom stereocenters. The lowest BCUT2D eigenvalue weighted by atomic mass is 9.98. The minimum Gasteiger partial charge on any atom is -0.459 e. The molecule has 22 nitrogen and oxygen atoms in total. The SMILES string of the molecule is CC(C)(O/N=C(\C(=O)N[C@H]1C(=O)N(OCC(=O)OCc2ccc([N+](=O)[O-])cc2)[C@@H]1COC(N)=O)c1csc(N)n1)C(=O)OCc1ccc([N+](=O)[O-])cc1. The lowest BCUT2D eigenvalue weighted by molar-refractivity contribution is -0.385. The molecule has 1 aliphatic heterocycles. The molecule has 2 atom stereocenters. The van der Waals surface area contributed by atoms with Crippen molar-refractivity contribution in [3.63, 3.8) is 0 Å². The largest absolute Gasteiger partial charge is 0.459 e. The van der Waals surface area contributed by atoms with Crippen molar-refractivity contribution in [1.29, 1.82) is 0 Å². The van der Waals surface area contributed by atoms with Crippen LogP contribution in [0.4, 0.5) is 21.3 Å². The van der Waals surface area contributed by atoms with Gasteiger partial charge in [0.1, 0.15) is 37.6 Å². The Morgan fingerprint density at radius 1 is 0.962 bits per heavy atom. The molecule has 1 fully saturated rings. The molecule has 0 spiro atoms. The van der Waals surface area contributed by atoms with E-state index in [1.54, 1.807) is 0 Å². The van der Waals surface area contributed by atoms with Gasteiger partial charge in [0.05, 0.1) is 9.85 Å². The number of nitrogens with one attached hydrogen (secondary N) is 1. The minimum atomic E-state index is -1.80. The van der Waals surface area contributed by atoms with Crippen molar-refractivity contribution >= 4 is 63.4 Å². The molecule has 1 aromatic heterocycles. The van der Waals surface area contributed by atoms with Crippen molar-refractivity contribution in [2.24, 2.45) is 10.9 Å². The van der Waals surface area contributed by atoms with Crippen LogP contribution >= 0.6 is 11.3 Å². The highest BCUT2D eigenvalue weighted by molar-refractivity contribution is 7.13. The van der Waals surface area contributed by atoms with Crippen LogP contribution in [0.2, 0.25) is 0 Å². The Bertz CT molecular complexity index is 1920. The Balaban J connectivity index is 1.40. The first kappa shape index (κ1) is 39.0. The van der Waals surface area contributed by atoms with Crippen LogP contribution in [0.25, 0.3) is 0 Å². The third-order valence-corrected chi connectivity index (χ3v) is 7.75. The number of thiazole rings is 1. The van der Waals surface area contributed by atoms with E-state index in [4.69, 9.17) is 35.4 Å². The van der Waals surface area contributed by atoms with Crippen molar-refractivity contribution in [1.82, 2.24) is 15.4 Å². The second-order valence-electron chi connectivity index (χ2n) is 11.3. The normalized spacial score (nSPS) is 15.5. The van der Waals surface area contributed by atoms with Gasteiger partial charge in [0.25, 0.3) is 23.2 Å². The topological polar surface area (TPSA) is 310 Å². The number of nitrogen functional groups attached to an aromatic ring is 1. The summed E-state index contributed by atoms with van der Waals surface area (Å²) in [6.45, 7) is 0.681. The van der Waals surface area contributed by atoms with Crippen LogP contribution in [0.15, 0.2) is 59.1 Å². The molecule has 3 amide bonds. The number of nitro benzene ring substituents is 2. The number of oxime groups is 1. The first-order valence-electron chi connectivity index (χ1n) is 15.0. The van der Waals surface area contributed by atoms with E-state index in [0.29, 0.717) is 16.2 Å². The Morgan fingerprint density at radius 2 is 1.53 bits per heavy atom. The molecular weight excluding hydrogens is 728 g/mol. The summed E-state index contributed by atoms with van der Waals surface area (Å²) in [5.41, 5.74) is 8.96. The van der Waals surface area contributed by atoms with Crippen molar-refractivity contribution in [2.75, 3.05) is 18.9 Å². The van der Waals surface area contributed by atoms with Crippen molar-refractivity contribution < 1.29 is 57.7 Å². The number of amides is 3. The fourth-order valence-corrected chi connectivity index (χ4v) is 4.80. The molecular formula is C30H30N8O14S. The summed E-state index contributed by atoms with van der Waals surface area (Å²) in [5.74, 6) is -3.78. The number of carbonyl (C=O) groups is 5. The molecule has 0 bridgehead atoms. The molecule has 53 heavy (non-hydrogen) atoms. The molecule has 4 rings (SSSR count). The van der Waals surface area contributed by atoms with Crippen LogP contribution in [0, 0.1) is 20.2 Å². The highest BCUT2D eigenvalue weighted by atomic mass is 32.1. The van der Waals surface area contributed by atoms with Crippen molar-refractivity contribution in [3.8, 4) is 0 Å². The second-order valence-corrected chi connectivity index (χ2v) is 12.2. The molecule has 0 aliphatic carbocycles. The number of nitrogens with zero attached hydrogens (tertiary/aromatic N) is 5. The molecule has 3 aromatic rings. The number of hydrogen-bond donors (Lipinski definition) is 3. The number of nitro groups is 2. The van der Waals surface area contributed by atoms with Crippen molar-refractivity contribution in [2.45, 2.75) is 44.7 Å².